The van der Waals surface area contributed by atoms with Crippen molar-refractivity contribution in [1.29, 1.82) is 0 Å². The summed E-state index contributed by atoms with van der Waals surface area (Å²) in [5, 5.41) is 3.03. The molecule has 0 saturated carbocycles. The highest BCUT2D eigenvalue weighted by Crippen LogP contribution is 1.91. The Labute approximate surface area is 51.5 Å². The van der Waals surface area contributed by atoms with Gasteiger partial charge >= 0.3 is 6.03 Å². The van der Waals surface area contributed by atoms with Crippen molar-refractivity contribution in [2.75, 3.05) is 13.7 Å². The third-order valence-electron chi connectivity index (χ3n) is 0.922. The molecule has 0 spiro atoms. The first-order valence-electron chi connectivity index (χ1n) is 2.40. The molecule has 1 aliphatic rings. The third-order valence-corrected chi connectivity index (χ3v) is 0.922. The molecule has 1 rings (SSSR count). The fourth-order valence-corrected chi connectivity index (χ4v) is 0.448. The van der Waals surface area contributed by atoms with Crippen molar-refractivity contribution in [3.63, 3.8) is 0 Å². The van der Waals surface area contributed by atoms with Gasteiger partial charge in [-0.15, -0.1) is 0 Å². The van der Waals surface area contributed by atoms with Crippen LogP contribution < -0.4 is 5.32 Å². The Hall–Kier alpha value is -1.10. The van der Waals surface area contributed by atoms with Gasteiger partial charge in [-0.25, -0.2) is 9.86 Å². The Balaban J connectivity index is 2.54. The summed E-state index contributed by atoms with van der Waals surface area (Å²) in [5.74, 6) is -0.405. The lowest BCUT2D eigenvalue weighted by Gasteiger charge is -2.20. The fraction of sp³-hybridized carbons (Fsp3) is 0.500. The van der Waals surface area contributed by atoms with Crippen LogP contribution in [0.2, 0.25) is 0 Å². The summed E-state index contributed by atoms with van der Waals surface area (Å²) in [5.41, 5.74) is 0. The standard InChI is InChI=1S/C4H6N2O3/c1-6-4(8)5-3(7)2-9-6/h2H2,1H3,(H,5,7,8). The first kappa shape index (κ1) is 6.03. The molecule has 5 nitrogen and oxygen atoms in total. The average Bonchev–Trinajstić information content (AvgIpc) is 1.80. The fourth-order valence-electron chi connectivity index (χ4n) is 0.448. The van der Waals surface area contributed by atoms with Gasteiger partial charge in [-0.05, 0) is 0 Å². The normalized spacial score (nSPS) is 19.9. The van der Waals surface area contributed by atoms with Gasteiger partial charge in [0.2, 0.25) is 0 Å². The summed E-state index contributed by atoms with van der Waals surface area (Å²) in [6.07, 6.45) is 0. The van der Waals surface area contributed by atoms with E-state index in [9.17, 15) is 9.59 Å². The van der Waals surface area contributed by atoms with E-state index in [2.05, 4.69) is 10.2 Å². The molecule has 0 aliphatic carbocycles. The zero-order valence-corrected chi connectivity index (χ0v) is 4.88. The molecule has 0 atom stereocenters. The molecule has 0 radical (unpaired) electrons. The number of amides is 3. The number of nitrogens with zero attached hydrogens (tertiary/aromatic N) is 1. The lowest BCUT2D eigenvalue weighted by atomic mass is 10.6. The van der Waals surface area contributed by atoms with E-state index < -0.39 is 11.9 Å². The first-order valence-corrected chi connectivity index (χ1v) is 2.40. The minimum atomic E-state index is -0.522. The number of urea groups is 1. The number of nitrogens with one attached hydrogen (secondary N) is 1. The second kappa shape index (κ2) is 2.02. The highest BCUT2D eigenvalue weighted by Gasteiger charge is 2.19. The number of carbonyl (C=O) groups excluding carboxylic acids is 2. The molecule has 0 bridgehead atoms. The van der Waals surface area contributed by atoms with Crippen LogP contribution >= 0.6 is 0 Å². The van der Waals surface area contributed by atoms with Gasteiger partial charge in [0.1, 0.15) is 0 Å². The van der Waals surface area contributed by atoms with E-state index in [1.54, 1.807) is 0 Å². The van der Waals surface area contributed by atoms with E-state index >= 15 is 0 Å². The molecule has 1 N–H and O–H groups in total. The van der Waals surface area contributed by atoms with Crippen LogP contribution in [-0.4, -0.2) is 30.7 Å². The lowest BCUT2D eigenvalue weighted by molar-refractivity contribution is -0.152. The van der Waals surface area contributed by atoms with Gasteiger partial charge < -0.3 is 0 Å². The maximum atomic E-state index is 10.5. The van der Waals surface area contributed by atoms with Gasteiger partial charge in [0, 0.05) is 7.05 Å². The summed E-state index contributed by atoms with van der Waals surface area (Å²) in [6.45, 7) is -0.0811. The molecule has 1 aliphatic heterocycles. The number of imide groups is 1. The summed E-state index contributed by atoms with van der Waals surface area (Å²) in [6, 6.07) is -0.522. The summed E-state index contributed by atoms with van der Waals surface area (Å²) < 4.78 is 0. The molecule has 5 heteroatoms. The predicted molar refractivity (Wildman–Crippen MR) is 27.3 cm³/mol. The van der Waals surface area contributed by atoms with Crippen molar-refractivity contribution in [1.82, 2.24) is 10.4 Å². The minimum Gasteiger partial charge on any atom is -0.274 e. The van der Waals surface area contributed by atoms with Crippen molar-refractivity contribution in [3.8, 4) is 0 Å². The summed E-state index contributed by atoms with van der Waals surface area (Å²) in [7, 11) is 1.43. The van der Waals surface area contributed by atoms with E-state index in [1.807, 2.05) is 0 Å². The smallest absolute Gasteiger partial charge is 0.274 e. The van der Waals surface area contributed by atoms with Crippen LogP contribution in [-0.2, 0) is 9.63 Å². The van der Waals surface area contributed by atoms with E-state index in [0.717, 1.165) is 5.06 Å². The maximum Gasteiger partial charge on any atom is 0.347 e. The Bertz CT molecular complexity index is 156. The molecule has 1 heterocycles. The highest BCUT2D eigenvalue weighted by molar-refractivity contribution is 5.95. The number of hydrogen-bond acceptors (Lipinski definition) is 3. The molecular formula is C4H6N2O3. The molecule has 0 aromatic carbocycles. The van der Waals surface area contributed by atoms with Crippen LogP contribution in [0, 0.1) is 0 Å². The maximum absolute atomic E-state index is 10.5. The summed E-state index contributed by atoms with van der Waals surface area (Å²) in [4.78, 5) is 25.4. The van der Waals surface area contributed by atoms with Gasteiger partial charge in [-0.1, -0.05) is 0 Å². The largest absolute Gasteiger partial charge is 0.347 e. The third kappa shape index (κ3) is 1.17. The van der Waals surface area contributed by atoms with Crippen LogP contribution in [0.1, 0.15) is 0 Å². The van der Waals surface area contributed by atoms with Gasteiger partial charge in [-0.2, -0.15) is 0 Å². The molecule has 1 saturated heterocycles. The molecule has 0 aromatic rings. The molecule has 9 heavy (non-hydrogen) atoms. The second-order valence-electron chi connectivity index (χ2n) is 1.62. The first-order chi connectivity index (χ1) is 4.20. The van der Waals surface area contributed by atoms with Crippen molar-refractivity contribution in [2.24, 2.45) is 0 Å². The number of hydroxylamine groups is 2. The van der Waals surface area contributed by atoms with E-state index in [0.29, 0.717) is 0 Å². The lowest BCUT2D eigenvalue weighted by Crippen LogP contribution is -2.48. The average molecular weight is 130 g/mol. The monoisotopic (exact) mass is 130 g/mol. The van der Waals surface area contributed by atoms with Crippen LogP contribution in [0.15, 0.2) is 0 Å². The Morgan fingerprint density at radius 3 is 2.78 bits per heavy atom. The Morgan fingerprint density at radius 1 is 1.67 bits per heavy atom. The predicted octanol–water partition coefficient (Wildman–Crippen LogP) is -0.900. The van der Waals surface area contributed by atoms with Crippen molar-refractivity contribution >= 4 is 11.9 Å². The number of hydrogen-bond donors (Lipinski definition) is 1. The van der Waals surface area contributed by atoms with Gasteiger partial charge in [-0.3, -0.25) is 14.9 Å². The van der Waals surface area contributed by atoms with Crippen LogP contribution in [0.3, 0.4) is 0 Å². The Morgan fingerprint density at radius 2 is 2.33 bits per heavy atom. The SMILES string of the molecule is CN1OCC(=O)NC1=O. The van der Waals surface area contributed by atoms with Crippen LogP contribution in [0.5, 0.6) is 0 Å². The highest BCUT2D eigenvalue weighted by atomic mass is 16.7. The van der Waals surface area contributed by atoms with Gasteiger partial charge in [0.15, 0.2) is 6.61 Å². The molecule has 1 fully saturated rings. The zero-order chi connectivity index (χ0) is 6.85. The number of rotatable bonds is 0. The topological polar surface area (TPSA) is 58.6 Å². The van der Waals surface area contributed by atoms with E-state index in [-0.39, 0.29) is 6.61 Å². The van der Waals surface area contributed by atoms with Crippen LogP contribution in [0.4, 0.5) is 4.79 Å². The van der Waals surface area contributed by atoms with Crippen molar-refractivity contribution < 1.29 is 14.4 Å². The van der Waals surface area contributed by atoms with E-state index in [1.165, 1.54) is 7.05 Å². The Kier molecular flexibility index (Phi) is 1.35. The second-order valence-corrected chi connectivity index (χ2v) is 1.62. The minimum absolute atomic E-state index is 0.0811. The van der Waals surface area contributed by atoms with Gasteiger partial charge in [0.25, 0.3) is 5.91 Å². The van der Waals surface area contributed by atoms with E-state index in [4.69, 9.17) is 0 Å². The molecular weight excluding hydrogens is 124 g/mol. The zero-order valence-electron chi connectivity index (χ0n) is 4.88. The quantitative estimate of drug-likeness (QED) is 0.462. The van der Waals surface area contributed by atoms with Crippen molar-refractivity contribution in [3.05, 3.63) is 0 Å². The van der Waals surface area contributed by atoms with Crippen LogP contribution in [0.25, 0.3) is 0 Å². The molecule has 3 amide bonds. The van der Waals surface area contributed by atoms with Crippen molar-refractivity contribution in [2.45, 2.75) is 0 Å². The molecule has 50 valence electrons. The van der Waals surface area contributed by atoms with Gasteiger partial charge in [0.05, 0.1) is 0 Å². The number of carbonyl (C=O) groups is 2. The molecule has 0 unspecified atom stereocenters. The molecule has 0 aromatic heterocycles. The summed E-state index contributed by atoms with van der Waals surface area (Å²) >= 11 is 0.